The van der Waals surface area contributed by atoms with E-state index >= 15 is 0 Å². The second-order valence-corrected chi connectivity index (χ2v) is 3.80. The number of carbonyl (C=O) groups is 1. The molecule has 1 rings (SSSR count). The van der Waals surface area contributed by atoms with E-state index in [1.807, 2.05) is 0 Å². The molecule has 0 aliphatic carbocycles. The maximum atomic E-state index is 11.7. The van der Waals surface area contributed by atoms with Crippen LogP contribution < -0.4 is 5.73 Å². The van der Waals surface area contributed by atoms with Gasteiger partial charge in [-0.05, 0) is 20.3 Å². The van der Waals surface area contributed by atoms with Crippen molar-refractivity contribution in [2.75, 3.05) is 26.1 Å². The molecule has 0 saturated heterocycles. The van der Waals surface area contributed by atoms with E-state index in [4.69, 9.17) is 15.2 Å². The lowest BCUT2D eigenvalue weighted by Crippen LogP contribution is -2.15. The van der Waals surface area contributed by atoms with Crippen LogP contribution in [-0.2, 0) is 15.9 Å². The molecule has 6 heteroatoms. The Kier molecular flexibility index (Phi) is 5.51. The summed E-state index contributed by atoms with van der Waals surface area (Å²) >= 11 is 0. The van der Waals surface area contributed by atoms with Gasteiger partial charge in [-0.3, -0.25) is 0 Å². The van der Waals surface area contributed by atoms with Crippen molar-refractivity contribution in [1.82, 2.24) is 9.97 Å². The van der Waals surface area contributed by atoms with Crippen LogP contribution in [0.15, 0.2) is 0 Å². The Morgan fingerprint density at radius 3 is 2.67 bits per heavy atom. The number of hydrogen-bond donors (Lipinski definition) is 1. The Bertz CT molecular complexity index is 398. The average molecular weight is 253 g/mol. The number of aromatic nitrogens is 2. The Labute approximate surface area is 107 Å². The molecule has 100 valence electrons. The molecular formula is C12H19N3O3. The summed E-state index contributed by atoms with van der Waals surface area (Å²) in [5.41, 5.74) is 6.58. The quantitative estimate of drug-likeness (QED) is 0.604. The van der Waals surface area contributed by atoms with E-state index in [1.54, 1.807) is 21.0 Å². The van der Waals surface area contributed by atoms with Gasteiger partial charge in [0.25, 0.3) is 0 Å². The third kappa shape index (κ3) is 3.66. The van der Waals surface area contributed by atoms with Crippen molar-refractivity contribution in [3.63, 3.8) is 0 Å². The fraction of sp³-hybridized carbons (Fsp3) is 0.583. The van der Waals surface area contributed by atoms with Crippen molar-refractivity contribution in [1.29, 1.82) is 0 Å². The van der Waals surface area contributed by atoms with Gasteiger partial charge in [-0.1, -0.05) is 0 Å². The number of ether oxygens (including phenoxy) is 2. The average Bonchev–Trinajstić information content (AvgIpc) is 2.28. The Hall–Kier alpha value is -1.69. The van der Waals surface area contributed by atoms with Crippen molar-refractivity contribution >= 4 is 11.8 Å². The number of rotatable bonds is 6. The summed E-state index contributed by atoms with van der Waals surface area (Å²) in [6, 6.07) is 0. The second-order valence-electron chi connectivity index (χ2n) is 3.80. The van der Waals surface area contributed by atoms with Gasteiger partial charge in [0.2, 0.25) is 0 Å². The van der Waals surface area contributed by atoms with E-state index in [0.29, 0.717) is 31.2 Å². The second kappa shape index (κ2) is 6.90. The highest BCUT2D eigenvalue weighted by Gasteiger charge is 2.17. The van der Waals surface area contributed by atoms with Gasteiger partial charge < -0.3 is 15.2 Å². The molecule has 0 unspecified atom stereocenters. The van der Waals surface area contributed by atoms with Crippen LogP contribution in [0, 0.1) is 6.92 Å². The fourth-order valence-corrected chi connectivity index (χ4v) is 1.60. The lowest BCUT2D eigenvalue weighted by molar-refractivity contribution is 0.0525. The molecule has 0 aromatic carbocycles. The fourth-order valence-electron chi connectivity index (χ4n) is 1.60. The predicted octanol–water partition coefficient (Wildman–Crippen LogP) is 1.12. The number of aryl methyl sites for hydroxylation is 2. The summed E-state index contributed by atoms with van der Waals surface area (Å²) in [5.74, 6) is 0.319. The third-order valence-corrected chi connectivity index (χ3v) is 2.39. The highest BCUT2D eigenvalue weighted by Crippen LogP contribution is 2.15. The van der Waals surface area contributed by atoms with Crippen molar-refractivity contribution in [2.45, 2.75) is 26.7 Å². The van der Waals surface area contributed by atoms with E-state index in [0.717, 1.165) is 6.42 Å². The van der Waals surface area contributed by atoms with E-state index in [2.05, 4.69) is 9.97 Å². The van der Waals surface area contributed by atoms with Crippen molar-refractivity contribution in [3.05, 3.63) is 17.1 Å². The summed E-state index contributed by atoms with van der Waals surface area (Å²) in [7, 11) is 1.64. The molecule has 1 aromatic heterocycles. The maximum Gasteiger partial charge on any atom is 0.343 e. The molecular weight excluding hydrogens is 234 g/mol. The molecule has 0 aliphatic heterocycles. The molecule has 0 aliphatic rings. The van der Waals surface area contributed by atoms with Crippen LogP contribution in [0.3, 0.4) is 0 Å². The van der Waals surface area contributed by atoms with E-state index in [-0.39, 0.29) is 11.4 Å². The monoisotopic (exact) mass is 253 g/mol. The summed E-state index contributed by atoms with van der Waals surface area (Å²) in [6.45, 7) is 4.41. The zero-order valence-corrected chi connectivity index (χ0v) is 11.0. The highest BCUT2D eigenvalue weighted by molar-refractivity contribution is 5.95. The predicted molar refractivity (Wildman–Crippen MR) is 67.3 cm³/mol. The highest BCUT2D eigenvalue weighted by atomic mass is 16.5. The molecule has 0 spiro atoms. The zero-order chi connectivity index (χ0) is 13.5. The maximum absolute atomic E-state index is 11.7. The molecule has 0 amide bonds. The minimum Gasteiger partial charge on any atom is -0.462 e. The van der Waals surface area contributed by atoms with Crippen molar-refractivity contribution < 1.29 is 14.3 Å². The van der Waals surface area contributed by atoms with Gasteiger partial charge in [-0.2, -0.15) is 0 Å². The number of carbonyl (C=O) groups excluding carboxylic acids is 1. The van der Waals surface area contributed by atoms with Gasteiger partial charge >= 0.3 is 5.97 Å². The SMILES string of the molecule is CCOC(=O)c1c(C)nc(CCCOC)nc1N. The molecule has 2 N–H and O–H groups in total. The van der Waals surface area contributed by atoms with Crippen molar-refractivity contribution in [3.8, 4) is 0 Å². The van der Waals surface area contributed by atoms with Gasteiger partial charge in [0, 0.05) is 20.1 Å². The van der Waals surface area contributed by atoms with Gasteiger partial charge in [0.05, 0.1) is 12.3 Å². The summed E-state index contributed by atoms with van der Waals surface area (Å²) in [4.78, 5) is 20.0. The smallest absolute Gasteiger partial charge is 0.343 e. The Morgan fingerprint density at radius 1 is 1.39 bits per heavy atom. The van der Waals surface area contributed by atoms with Crippen LogP contribution in [-0.4, -0.2) is 36.3 Å². The molecule has 6 nitrogen and oxygen atoms in total. The molecule has 0 radical (unpaired) electrons. The van der Waals surface area contributed by atoms with Crippen LogP contribution in [0.2, 0.25) is 0 Å². The van der Waals surface area contributed by atoms with Crippen LogP contribution in [0.1, 0.15) is 35.2 Å². The number of anilines is 1. The Balaban J connectivity index is 2.87. The van der Waals surface area contributed by atoms with Gasteiger partial charge in [0.1, 0.15) is 17.2 Å². The third-order valence-electron chi connectivity index (χ3n) is 2.39. The molecule has 1 heterocycles. The number of nitrogen functional groups attached to an aromatic ring is 1. The first kappa shape index (κ1) is 14.4. The minimum atomic E-state index is -0.476. The van der Waals surface area contributed by atoms with Crippen LogP contribution >= 0.6 is 0 Å². The standard InChI is InChI=1S/C12H19N3O3/c1-4-18-12(16)10-8(2)14-9(15-11(10)13)6-5-7-17-3/h4-7H2,1-3H3,(H2,13,14,15). The number of esters is 1. The van der Waals surface area contributed by atoms with Crippen molar-refractivity contribution in [2.24, 2.45) is 0 Å². The Morgan fingerprint density at radius 2 is 2.11 bits per heavy atom. The normalized spacial score (nSPS) is 10.4. The van der Waals surface area contributed by atoms with Crippen LogP contribution in [0.25, 0.3) is 0 Å². The lowest BCUT2D eigenvalue weighted by Gasteiger charge is -2.09. The molecule has 0 fully saturated rings. The van der Waals surface area contributed by atoms with Gasteiger partial charge in [-0.15, -0.1) is 0 Å². The summed E-state index contributed by atoms with van der Waals surface area (Å²) in [6.07, 6.45) is 1.48. The first-order valence-corrected chi connectivity index (χ1v) is 5.89. The zero-order valence-electron chi connectivity index (χ0n) is 11.0. The summed E-state index contributed by atoms with van der Waals surface area (Å²) < 4.78 is 9.87. The lowest BCUT2D eigenvalue weighted by atomic mass is 10.2. The number of nitrogens with zero attached hydrogens (tertiary/aromatic N) is 2. The van der Waals surface area contributed by atoms with E-state index < -0.39 is 5.97 Å². The molecule has 18 heavy (non-hydrogen) atoms. The number of hydrogen-bond acceptors (Lipinski definition) is 6. The summed E-state index contributed by atoms with van der Waals surface area (Å²) in [5, 5.41) is 0. The molecule has 0 bridgehead atoms. The van der Waals surface area contributed by atoms with Crippen LogP contribution in [0.5, 0.6) is 0 Å². The molecule has 1 aromatic rings. The van der Waals surface area contributed by atoms with Gasteiger partial charge in [0.15, 0.2) is 0 Å². The number of methoxy groups -OCH3 is 1. The first-order valence-electron chi connectivity index (χ1n) is 5.89. The minimum absolute atomic E-state index is 0.174. The van der Waals surface area contributed by atoms with Crippen LogP contribution in [0.4, 0.5) is 5.82 Å². The van der Waals surface area contributed by atoms with E-state index in [9.17, 15) is 4.79 Å². The topological polar surface area (TPSA) is 87.3 Å². The molecule has 0 saturated carbocycles. The molecule has 0 atom stereocenters. The number of nitrogens with two attached hydrogens (primary N) is 1. The first-order chi connectivity index (χ1) is 8.60. The van der Waals surface area contributed by atoms with Gasteiger partial charge in [-0.25, -0.2) is 14.8 Å². The van der Waals surface area contributed by atoms with E-state index in [1.165, 1.54) is 0 Å². The largest absolute Gasteiger partial charge is 0.462 e.